The fourth-order valence-corrected chi connectivity index (χ4v) is 3.17. The average Bonchev–Trinajstić information content (AvgIpc) is 3.21. The molecule has 2 saturated carbocycles. The summed E-state index contributed by atoms with van der Waals surface area (Å²) in [7, 11) is 0. The molecule has 1 aromatic rings. The van der Waals surface area contributed by atoms with E-state index in [2.05, 4.69) is 15.2 Å². The lowest BCUT2D eigenvalue weighted by Crippen LogP contribution is -2.26. The number of rotatable bonds is 5. The van der Waals surface area contributed by atoms with E-state index in [0.717, 1.165) is 18.7 Å². The molecule has 5 heteroatoms. The molecular formula is C15H23N3O2. The monoisotopic (exact) mass is 277 g/mol. The van der Waals surface area contributed by atoms with E-state index in [4.69, 9.17) is 4.74 Å². The summed E-state index contributed by atoms with van der Waals surface area (Å²) in [5.41, 5.74) is 0. The molecule has 1 aromatic heterocycles. The third kappa shape index (κ3) is 2.86. The highest BCUT2D eigenvalue weighted by Gasteiger charge is 2.36. The first-order valence-corrected chi connectivity index (χ1v) is 7.88. The first-order valence-electron chi connectivity index (χ1n) is 7.88. The lowest BCUT2D eigenvalue weighted by molar-refractivity contribution is -0.147. The third-order valence-electron chi connectivity index (χ3n) is 4.42. The number of hydrogen-bond acceptors (Lipinski definition) is 4. The molecule has 0 radical (unpaired) electrons. The van der Waals surface area contributed by atoms with Crippen molar-refractivity contribution in [2.45, 2.75) is 63.7 Å². The van der Waals surface area contributed by atoms with Gasteiger partial charge in [-0.2, -0.15) is 5.10 Å². The van der Waals surface area contributed by atoms with Gasteiger partial charge in [0.2, 0.25) is 0 Å². The second-order valence-corrected chi connectivity index (χ2v) is 5.98. The molecule has 0 amide bonds. The molecule has 2 fully saturated rings. The summed E-state index contributed by atoms with van der Waals surface area (Å²) < 4.78 is 5.26. The van der Waals surface area contributed by atoms with Crippen molar-refractivity contribution in [3.63, 3.8) is 0 Å². The topological polar surface area (TPSA) is 67.9 Å². The van der Waals surface area contributed by atoms with Crippen molar-refractivity contribution in [3.8, 4) is 0 Å². The average molecular weight is 277 g/mol. The number of aromatic amines is 1. The van der Waals surface area contributed by atoms with Gasteiger partial charge in [-0.05, 0) is 38.5 Å². The van der Waals surface area contributed by atoms with E-state index in [9.17, 15) is 4.79 Å². The highest BCUT2D eigenvalue weighted by molar-refractivity contribution is 5.77. The van der Waals surface area contributed by atoms with Gasteiger partial charge < -0.3 is 4.74 Å². The Morgan fingerprint density at radius 1 is 1.30 bits per heavy atom. The van der Waals surface area contributed by atoms with E-state index in [1.807, 2.05) is 6.92 Å². The van der Waals surface area contributed by atoms with Gasteiger partial charge in [0.05, 0.1) is 6.61 Å². The van der Waals surface area contributed by atoms with E-state index in [1.165, 1.54) is 32.1 Å². The summed E-state index contributed by atoms with van der Waals surface area (Å²) in [5, 5.41) is 7.33. The number of aromatic nitrogens is 3. The predicted molar refractivity (Wildman–Crippen MR) is 74.3 cm³/mol. The van der Waals surface area contributed by atoms with Crippen molar-refractivity contribution in [2.75, 3.05) is 6.61 Å². The minimum absolute atomic E-state index is 0.152. The van der Waals surface area contributed by atoms with Gasteiger partial charge in [0.25, 0.3) is 0 Å². The zero-order valence-corrected chi connectivity index (χ0v) is 12.1. The molecule has 1 unspecified atom stereocenters. The van der Waals surface area contributed by atoms with Crippen LogP contribution in [0.2, 0.25) is 0 Å². The van der Waals surface area contributed by atoms with Crippen molar-refractivity contribution in [1.82, 2.24) is 15.2 Å². The van der Waals surface area contributed by atoms with Crippen LogP contribution in [0, 0.1) is 5.92 Å². The molecule has 2 aliphatic carbocycles. The summed E-state index contributed by atoms with van der Waals surface area (Å²) in [6.07, 6.45) is 8.19. The molecule has 0 spiro atoms. The van der Waals surface area contributed by atoms with Crippen LogP contribution < -0.4 is 0 Å². The number of hydrogen-bond donors (Lipinski definition) is 1. The van der Waals surface area contributed by atoms with Gasteiger partial charge in [0.1, 0.15) is 11.7 Å². The van der Waals surface area contributed by atoms with Crippen molar-refractivity contribution in [3.05, 3.63) is 11.6 Å². The number of H-pyrrole nitrogens is 1. The molecule has 20 heavy (non-hydrogen) atoms. The van der Waals surface area contributed by atoms with E-state index in [-0.39, 0.29) is 11.9 Å². The van der Waals surface area contributed by atoms with E-state index >= 15 is 0 Å². The molecule has 2 aliphatic rings. The first kappa shape index (κ1) is 13.6. The van der Waals surface area contributed by atoms with Gasteiger partial charge in [-0.15, -0.1) is 0 Å². The summed E-state index contributed by atoms with van der Waals surface area (Å²) in [6, 6.07) is 0. The standard InChI is InChI=1S/C15H23N3O2/c1-2-20-15(19)12(10-6-4-3-5-7-10)14-16-13(17-18-14)11-8-9-11/h10-12H,2-9H2,1H3,(H,16,17,18). The lowest BCUT2D eigenvalue weighted by atomic mass is 9.79. The van der Waals surface area contributed by atoms with Crippen LogP contribution in [-0.2, 0) is 9.53 Å². The number of esters is 1. The van der Waals surface area contributed by atoms with Gasteiger partial charge in [0.15, 0.2) is 5.82 Å². The van der Waals surface area contributed by atoms with Gasteiger partial charge in [0, 0.05) is 5.92 Å². The normalized spacial score (nSPS) is 21.6. The Bertz CT molecular complexity index is 461. The van der Waals surface area contributed by atoms with Gasteiger partial charge >= 0.3 is 5.97 Å². The Hall–Kier alpha value is -1.39. The van der Waals surface area contributed by atoms with Gasteiger partial charge in [-0.1, -0.05) is 19.3 Å². The SMILES string of the molecule is CCOC(=O)C(c1n[nH]c(C2CC2)n1)C1CCCCC1. The number of carbonyl (C=O) groups excluding carboxylic acids is 1. The lowest BCUT2D eigenvalue weighted by Gasteiger charge is -2.26. The van der Waals surface area contributed by atoms with E-state index in [1.54, 1.807) is 0 Å². The number of carbonyl (C=O) groups is 1. The quantitative estimate of drug-likeness (QED) is 0.840. The maximum atomic E-state index is 12.3. The molecule has 0 aromatic carbocycles. The van der Waals surface area contributed by atoms with Crippen LogP contribution in [0.4, 0.5) is 0 Å². The van der Waals surface area contributed by atoms with Crippen LogP contribution in [0.15, 0.2) is 0 Å². The molecule has 0 saturated heterocycles. The van der Waals surface area contributed by atoms with E-state index < -0.39 is 0 Å². The fourth-order valence-electron chi connectivity index (χ4n) is 3.17. The fraction of sp³-hybridized carbons (Fsp3) is 0.800. The maximum absolute atomic E-state index is 12.3. The summed E-state index contributed by atoms with van der Waals surface area (Å²) >= 11 is 0. The molecule has 1 N–H and O–H groups in total. The third-order valence-corrected chi connectivity index (χ3v) is 4.42. The van der Waals surface area contributed by atoms with Crippen molar-refractivity contribution < 1.29 is 9.53 Å². The predicted octanol–water partition coefficient (Wildman–Crippen LogP) is 2.91. The molecule has 0 bridgehead atoms. The number of nitrogens with zero attached hydrogens (tertiary/aromatic N) is 2. The highest BCUT2D eigenvalue weighted by atomic mass is 16.5. The maximum Gasteiger partial charge on any atom is 0.317 e. The van der Waals surface area contributed by atoms with Crippen molar-refractivity contribution >= 4 is 5.97 Å². The van der Waals surface area contributed by atoms with Gasteiger partial charge in [-0.25, -0.2) is 4.98 Å². The Morgan fingerprint density at radius 2 is 2.05 bits per heavy atom. The van der Waals surface area contributed by atoms with Crippen LogP contribution in [-0.4, -0.2) is 27.8 Å². The summed E-state index contributed by atoms with van der Waals surface area (Å²) in [6.45, 7) is 2.27. The molecule has 0 aliphatic heterocycles. The Labute approximate surface area is 119 Å². The summed E-state index contributed by atoms with van der Waals surface area (Å²) in [4.78, 5) is 16.9. The van der Waals surface area contributed by atoms with Crippen LogP contribution in [0.5, 0.6) is 0 Å². The molecule has 5 nitrogen and oxygen atoms in total. The van der Waals surface area contributed by atoms with Crippen molar-refractivity contribution in [1.29, 1.82) is 0 Å². The number of nitrogens with one attached hydrogen (secondary N) is 1. The number of ether oxygens (including phenoxy) is 1. The van der Waals surface area contributed by atoms with Crippen LogP contribution in [0.3, 0.4) is 0 Å². The van der Waals surface area contributed by atoms with Crippen molar-refractivity contribution in [2.24, 2.45) is 5.92 Å². The smallest absolute Gasteiger partial charge is 0.317 e. The summed E-state index contributed by atoms with van der Waals surface area (Å²) in [5.74, 6) is 2.04. The zero-order chi connectivity index (χ0) is 13.9. The molecule has 1 heterocycles. The minimum Gasteiger partial charge on any atom is -0.465 e. The Morgan fingerprint density at radius 3 is 2.70 bits per heavy atom. The van der Waals surface area contributed by atoms with E-state index in [0.29, 0.717) is 24.3 Å². The Balaban J connectivity index is 1.80. The first-order chi connectivity index (χ1) is 9.79. The molecule has 1 atom stereocenters. The van der Waals surface area contributed by atoms with Crippen LogP contribution in [0.1, 0.15) is 75.4 Å². The second-order valence-electron chi connectivity index (χ2n) is 5.98. The van der Waals surface area contributed by atoms with Crippen LogP contribution in [0.25, 0.3) is 0 Å². The molecule has 3 rings (SSSR count). The largest absolute Gasteiger partial charge is 0.465 e. The van der Waals surface area contributed by atoms with Gasteiger partial charge in [-0.3, -0.25) is 9.89 Å². The Kier molecular flexibility index (Phi) is 4.03. The van der Waals surface area contributed by atoms with Crippen LogP contribution >= 0.6 is 0 Å². The zero-order valence-electron chi connectivity index (χ0n) is 12.1. The second kappa shape index (κ2) is 5.94. The minimum atomic E-state index is -0.279. The molecular weight excluding hydrogens is 254 g/mol. The highest BCUT2D eigenvalue weighted by Crippen LogP contribution is 2.40. The molecule has 110 valence electrons.